The number of halogens is 1. The second-order valence-corrected chi connectivity index (χ2v) is 7.37. The van der Waals surface area contributed by atoms with E-state index in [-0.39, 0.29) is 29.9 Å². The lowest BCUT2D eigenvalue weighted by Crippen LogP contribution is -2.42. The Kier molecular flexibility index (Phi) is 16.6. The molecule has 30 heavy (non-hydrogen) atoms. The molecule has 6 nitrogen and oxygen atoms in total. The predicted octanol–water partition coefficient (Wildman–Crippen LogP) is 4.01. The molecule has 172 valence electrons. The highest BCUT2D eigenvalue weighted by Crippen LogP contribution is 2.07. The number of nitrogens with zero attached hydrogens (tertiary/aromatic N) is 2. The highest BCUT2D eigenvalue weighted by Gasteiger charge is 2.08. The quantitative estimate of drug-likeness (QED) is 0.205. The van der Waals surface area contributed by atoms with E-state index in [9.17, 15) is 4.79 Å². The number of hydrogen-bond acceptors (Lipinski definition) is 3. The third kappa shape index (κ3) is 11.7. The number of rotatable bonds is 13. The van der Waals surface area contributed by atoms with E-state index in [4.69, 9.17) is 4.99 Å². The Bertz CT molecular complexity index is 619. The summed E-state index contributed by atoms with van der Waals surface area (Å²) in [6.45, 7) is 16.2. The smallest absolute Gasteiger partial charge is 0.251 e. The molecule has 1 unspecified atom stereocenters. The molecule has 0 heterocycles. The molecule has 0 aliphatic carbocycles. The number of benzene rings is 1. The van der Waals surface area contributed by atoms with Crippen molar-refractivity contribution >= 4 is 35.8 Å². The molecule has 1 amide bonds. The van der Waals surface area contributed by atoms with Crippen LogP contribution in [0.15, 0.2) is 29.3 Å². The van der Waals surface area contributed by atoms with Crippen molar-refractivity contribution in [2.45, 2.75) is 66.5 Å². The molecule has 0 aliphatic heterocycles. The summed E-state index contributed by atoms with van der Waals surface area (Å²) in [7, 11) is 0. The van der Waals surface area contributed by atoms with E-state index in [0.29, 0.717) is 24.7 Å². The van der Waals surface area contributed by atoms with Gasteiger partial charge in [-0.3, -0.25) is 4.79 Å². The summed E-state index contributed by atoms with van der Waals surface area (Å²) in [5, 5.41) is 9.74. The first-order valence-electron chi connectivity index (χ1n) is 11.2. The summed E-state index contributed by atoms with van der Waals surface area (Å²) in [4.78, 5) is 19.3. The summed E-state index contributed by atoms with van der Waals surface area (Å²) in [5.74, 6) is 0.799. The van der Waals surface area contributed by atoms with Gasteiger partial charge in [-0.1, -0.05) is 32.9 Å². The summed E-state index contributed by atoms with van der Waals surface area (Å²) >= 11 is 0. The Labute approximate surface area is 200 Å². The second kappa shape index (κ2) is 17.3. The van der Waals surface area contributed by atoms with Gasteiger partial charge in [0, 0.05) is 24.7 Å². The van der Waals surface area contributed by atoms with Gasteiger partial charge in [-0.2, -0.15) is 0 Å². The zero-order valence-corrected chi connectivity index (χ0v) is 21.8. The number of aliphatic imine (C=N–C) groups is 1. The number of carbonyl (C=O) groups excluding carboxylic acids is 1. The van der Waals surface area contributed by atoms with Crippen molar-refractivity contribution < 1.29 is 4.79 Å². The van der Waals surface area contributed by atoms with Gasteiger partial charge in [-0.25, -0.2) is 4.99 Å². The first-order valence-corrected chi connectivity index (χ1v) is 11.2. The van der Waals surface area contributed by atoms with Crippen LogP contribution >= 0.6 is 24.0 Å². The molecule has 7 heteroatoms. The van der Waals surface area contributed by atoms with Crippen molar-refractivity contribution in [1.29, 1.82) is 0 Å². The third-order valence-corrected chi connectivity index (χ3v) is 4.88. The molecule has 0 spiro atoms. The van der Waals surface area contributed by atoms with Crippen molar-refractivity contribution in [1.82, 2.24) is 20.9 Å². The van der Waals surface area contributed by atoms with Gasteiger partial charge in [-0.05, 0) is 70.4 Å². The minimum absolute atomic E-state index is 0. The average Bonchev–Trinajstić information content (AvgIpc) is 2.73. The molecule has 0 fully saturated rings. The molecule has 1 rings (SSSR count). The van der Waals surface area contributed by atoms with Crippen molar-refractivity contribution in [2.75, 3.05) is 32.7 Å². The summed E-state index contributed by atoms with van der Waals surface area (Å²) in [6.07, 6.45) is 3.21. The van der Waals surface area contributed by atoms with Gasteiger partial charge in [0.15, 0.2) is 5.96 Å². The van der Waals surface area contributed by atoms with E-state index >= 15 is 0 Å². The minimum atomic E-state index is -0.0236. The zero-order chi connectivity index (χ0) is 21.5. The van der Waals surface area contributed by atoms with Gasteiger partial charge in [-0.15, -0.1) is 24.0 Å². The molecule has 3 N–H and O–H groups in total. The SMILES string of the molecule is CCCNC(=O)c1cccc(CN=C(NCC)NC(C)CCCN(CC)CC)c1.I. The van der Waals surface area contributed by atoms with Gasteiger partial charge < -0.3 is 20.9 Å². The Hall–Kier alpha value is -1.35. The van der Waals surface area contributed by atoms with Crippen LogP contribution in [0.1, 0.15) is 69.8 Å². The molecular formula is C23H42IN5O. The van der Waals surface area contributed by atoms with Crippen LogP contribution in [0.3, 0.4) is 0 Å². The van der Waals surface area contributed by atoms with Crippen LogP contribution in [0.25, 0.3) is 0 Å². The molecular weight excluding hydrogens is 489 g/mol. The number of carbonyl (C=O) groups is 1. The van der Waals surface area contributed by atoms with E-state index < -0.39 is 0 Å². The average molecular weight is 532 g/mol. The number of amides is 1. The first kappa shape index (κ1) is 28.6. The minimum Gasteiger partial charge on any atom is -0.357 e. The number of hydrogen-bond donors (Lipinski definition) is 3. The van der Waals surface area contributed by atoms with Gasteiger partial charge in [0.25, 0.3) is 5.91 Å². The Morgan fingerprint density at radius 2 is 1.87 bits per heavy atom. The van der Waals surface area contributed by atoms with Crippen LogP contribution in [-0.2, 0) is 6.54 Å². The van der Waals surface area contributed by atoms with Crippen molar-refractivity contribution in [3.8, 4) is 0 Å². The fourth-order valence-corrected chi connectivity index (χ4v) is 3.11. The van der Waals surface area contributed by atoms with Crippen molar-refractivity contribution in [3.05, 3.63) is 35.4 Å². The highest BCUT2D eigenvalue weighted by molar-refractivity contribution is 14.0. The van der Waals surface area contributed by atoms with Crippen LogP contribution in [0.5, 0.6) is 0 Å². The molecule has 0 bridgehead atoms. The molecule has 0 aliphatic rings. The van der Waals surface area contributed by atoms with E-state index in [0.717, 1.165) is 50.5 Å². The second-order valence-electron chi connectivity index (χ2n) is 7.37. The van der Waals surface area contributed by atoms with Crippen LogP contribution in [0, 0.1) is 0 Å². The molecule has 0 saturated heterocycles. The van der Waals surface area contributed by atoms with Crippen molar-refractivity contribution in [2.24, 2.45) is 4.99 Å². The summed E-state index contributed by atoms with van der Waals surface area (Å²) in [6, 6.07) is 8.05. The highest BCUT2D eigenvalue weighted by atomic mass is 127. The maximum Gasteiger partial charge on any atom is 0.251 e. The third-order valence-electron chi connectivity index (χ3n) is 4.88. The maximum absolute atomic E-state index is 12.2. The van der Waals surface area contributed by atoms with Crippen molar-refractivity contribution in [3.63, 3.8) is 0 Å². The molecule has 1 atom stereocenters. The predicted molar refractivity (Wildman–Crippen MR) is 139 cm³/mol. The maximum atomic E-state index is 12.2. The lowest BCUT2D eigenvalue weighted by Gasteiger charge is -2.21. The number of guanidine groups is 1. The van der Waals surface area contributed by atoms with Crippen LogP contribution < -0.4 is 16.0 Å². The molecule has 0 saturated carbocycles. The lowest BCUT2D eigenvalue weighted by molar-refractivity contribution is 0.0953. The van der Waals surface area contributed by atoms with Crippen LogP contribution in [-0.4, -0.2) is 55.5 Å². The van der Waals surface area contributed by atoms with E-state index in [1.165, 1.54) is 6.42 Å². The molecule has 1 aromatic carbocycles. The molecule has 0 radical (unpaired) electrons. The monoisotopic (exact) mass is 531 g/mol. The Morgan fingerprint density at radius 1 is 1.13 bits per heavy atom. The standard InChI is InChI=1S/C23H41N5O.HI/c1-6-15-25-22(29)21-14-10-13-20(17-21)18-26-23(24-7-2)27-19(5)12-11-16-28(8-3)9-4;/h10,13-14,17,19H,6-9,11-12,15-16,18H2,1-5H3,(H,25,29)(H2,24,26,27);1H. The first-order chi connectivity index (χ1) is 14.0. The van der Waals surface area contributed by atoms with E-state index in [1.807, 2.05) is 31.2 Å². The fraction of sp³-hybridized carbons (Fsp3) is 0.652. The van der Waals surface area contributed by atoms with Gasteiger partial charge in [0.1, 0.15) is 0 Å². The zero-order valence-electron chi connectivity index (χ0n) is 19.5. The number of nitrogens with one attached hydrogen (secondary N) is 3. The Balaban J connectivity index is 0.00000841. The Morgan fingerprint density at radius 3 is 2.50 bits per heavy atom. The molecule has 0 aromatic heterocycles. The summed E-state index contributed by atoms with van der Waals surface area (Å²) in [5.41, 5.74) is 1.72. The topological polar surface area (TPSA) is 68.8 Å². The molecule has 1 aromatic rings. The van der Waals surface area contributed by atoms with Gasteiger partial charge >= 0.3 is 0 Å². The van der Waals surface area contributed by atoms with Crippen LogP contribution in [0.2, 0.25) is 0 Å². The lowest BCUT2D eigenvalue weighted by atomic mass is 10.1. The summed E-state index contributed by atoms with van der Waals surface area (Å²) < 4.78 is 0. The van der Waals surface area contributed by atoms with Crippen LogP contribution in [0.4, 0.5) is 0 Å². The fourth-order valence-electron chi connectivity index (χ4n) is 3.11. The van der Waals surface area contributed by atoms with E-state index in [1.54, 1.807) is 0 Å². The van der Waals surface area contributed by atoms with Gasteiger partial charge in [0.05, 0.1) is 6.54 Å². The largest absolute Gasteiger partial charge is 0.357 e. The normalized spacial score (nSPS) is 12.3. The van der Waals surface area contributed by atoms with Gasteiger partial charge in [0.2, 0.25) is 0 Å². The van der Waals surface area contributed by atoms with E-state index in [2.05, 4.69) is 48.5 Å².